The smallest absolute Gasteiger partial charge is 0.251 e. The summed E-state index contributed by atoms with van der Waals surface area (Å²) < 4.78 is 10.9. The first kappa shape index (κ1) is 24.6. The lowest BCUT2D eigenvalue weighted by Crippen LogP contribution is -2.39. The Bertz CT molecular complexity index is 607. The van der Waals surface area contributed by atoms with Crippen molar-refractivity contribution in [3.8, 4) is 0 Å². The van der Waals surface area contributed by atoms with Crippen LogP contribution in [0.3, 0.4) is 0 Å². The van der Waals surface area contributed by atoms with Crippen molar-refractivity contribution in [2.24, 2.45) is 4.99 Å². The topological polar surface area (TPSA) is 84.0 Å². The molecule has 1 heterocycles. The van der Waals surface area contributed by atoms with E-state index in [0.29, 0.717) is 38.4 Å². The molecule has 0 bridgehead atoms. The van der Waals surface area contributed by atoms with Gasteiger partial charge >= 0.3 is 0 Å². The van der Waals surface area contributed by atoms with Crippen LogP contribution in [0.25, 0.3) is 0 Å². The molecular weight excluding hydrogens is 471 g/mol. The summed E-state index contributed by atoms with van der Waals surface area (Å²) in [4.78, 5) is 16.9. The minimum absolute atomic E-state index is 0. The average molecular weight is 504 g/mol. The molecule has 1 fully saturated rings. The summed E-state index contributed by atoms with van der Waals surface area (Å²) in [6.07, 6.45) is 2.23. The molecule has 1 aromatic carbocycles. The van der Waals surface area contributed by atoms with Gasteiger partial charge in [-0.05, 0) is 44.4 Å². The maximum atomic E-state index is 12.4. The number of nitrogens with zero attached hydrogens (tertiary/aromatic N) is 1. The van der Waals surface area contributed by atoms with Crippen LogP contribution in [0.1, 0.15) is 42.6 Å². The molecule has 3 N–H and O–H groups in total. The standard InChI is InChI=1S/C20H32N4O3.HI/c1-3-21-20(22-10-12-26-4-2)24-14-16-7-5-8-17(13-16)19(25)23-15-18-9-6-11-27-18;/h5,7-8,13,18H,3-4,6,9-12,14-15H2,1-2H3,(H,23,25)(H2,21,22,24);1H. The quantitative estimate of drug-likeness (QED) is 0.197. The van der Waals surface area contributed by atoms with Gasteiger partial charge in [0.2, 0.25) is 0 Å². The maximum Gasteiger partial charge on any atom is 0.251 e. The number of ether oxygens (including phenoxy) is 2. The van der Waals surface area contributed by atoms with Crippen LogP contribution in [0.2, 0.25) is 0 Å². The molecule has 0 aliphatic carbocycles. The molecule has 8 heteroatoms. The number of carbonyl (C=O) groups excluding carboxylic acids is 1. The number of hydrogen-bond acceptors (Lipinski definition) is 4. The zero-order chi connectivity index (χ0) is 19.3. The Hall–Kier alpha value is -1.39. The maximum absolute atomic E-state index is 12.4. The van der Waals surface area contributed by atoms with E-state index in [0.717, 1.165) is 37.5 Å². The van der Waals surface area contributed by atoms with E-state index in [4.69, 9.17) is 9.47 Å². The van der Waals surface area contributed by atoms with E-state index in [9.17, 15) is 4.79 Å². The molecule has 0 radical (unpaired) electrons. The van der Waals surface area contributed by atoms with Crippen LogP contribution in [-0.4, -0.2) is 57.4 Å². The Morgan fingerprint density at radius 3 is 2.86 bits per heavy atom. The van der Waals surface area contributed by atoms with Gasteiger partial charge in [-0.3, -0.25) is 4.79 Å². The highest BCUT2D eigenvalue weighted by atomic mass is 127. The zero-order valence-corrected chi connectivity index (χ0v) is 19.2. The van der Waals surface area contributed by atoms with Crippen LogP contribution >= 0.6 is 24.0 Å². The van der Waals surface area contributed by atoms with Crippen LogP contribution in [0.5, 0.6) is 0 Å². The van der Waals surface area contributed by atoms with Crippen LogP contribution in [0, 0.1) is 0 Å². The lowest BCUT2D eigenvalue weighted by atomic mass is 10.1. The van der Waals surface area contributed by atoms with Crippen molar-refractivity contribution in [1.29, 1.82) is 0 Å². The molecule has 0 spiro atoms. The molecule has 7 nitrogen and oxygen atoms in total. The van der Waals surface area contributed by atoms with Gasteiger partial charge in [0.05, 0.1) is 19.3 Å². The first-order chi connectivity index (χ1) is 13.2. The molecule has 1 amide bonds. The summed E-state index contributed by atoms with van der Waals surface area (Å²) in [5.74, 6) is 0.670. The van der Waals surface area contributed by atoms with Gasteiger partial charge in [-0.1, -0.05) is 12.1 Å². The van der Waals surface area contributed by atoms with Gasteiger partial charge in [0.15, 0.2) is 5.96 Å². The first-order valence-corrected chi connectivity index (χ1v) is 9.81. The van der Waals surface area contributed by atoms with Crippen molar-refractivity contribution in [1.82, 2.24) is 16.0 Å². The molecule has 28 heavy (non-hydrogen) atoms. The van der Waals surface area contributed by atoms with Crippen molar-refractivity contribution in [3.63, 3.8) is 0 Å². The monoisotopic (exact) mass is 504 g/mol. The summed E-state index contributed by atoms with van der Waals surface area (Å²) in [6, 6.07) is 7.58. The second-order valence-electron chi connectivity index (χ2n) is 6.36. The van der Waals surface area contributed by atoms with E-state index in [2.05, 4.69) is 20.9 Å². The number of nitrogens with one attached hydrogen (secondary N) is 3. The number of halogens is 1. The van der Waals surface area contributed by atoms with Crippen molar-refractivity contribution < 1.29 is 14.3 Å². The Labute approximate surface area is 185 Å². The second-order valence-corrected chi connectivity index (χ2v) is 6.36. The molecule has 2 rings (SSSR count). The lowest BCUT2D eigenvalue weighted by molar-refractivity contribution is 0.0857. The van der Waals surface area contributed by atoms with Crippen molar-refractivity contribution in [2.75, 3.05) is 39.5 Å². The number of benzene rings is 1. The number of carbonyl (C=O) groups is 1. The molecule has 1 atom stereocenters. The van der Waals surface area contributed by atoms with Gasteiger partial charge < -0.3 is 25.4 Å². The Morgan fingerprint density at radius 2 is 2.14 bits per heavy atom. The minimum Gasteiger partial charge on any atom is -0.380 e. The van der Waals surface area contributed by atoms with Gasteiger partial charge in [0.1, 0.15) is 0 Å². The summed E-state index contributed by atoms with van der Waals surface area (Å²) in [7, 11) is 0. The van der Waals surface area contributed by atoms with Gasteiger partial charge in [0.25, 0.3) is 5.91 Å². The third-order valence-electron chi connectivity index (χ3n) is 4.21. The molecule has 1 aliphatic heterocycles. The molecule has 1 aliphatic rings. The predicted molar refractivity (Wildman–Crippen MR) is 122 cm³/mol. The third-order valence-corrected chi connectivity index (χ3v) is 4.21. The fraction of sp³-hybridized carbons (Fsp3) is 0.600. The molecule has 0 aromatic heterocycles. The van der Waals surface area contributed by atoms with E-state index in [1.807, 2.05) is 38.1 Å². The van der Waals surface area contributed by atoms with E-state index >= 15 is 0 Å². The first-order valence-electron chi connectivity index (χ1n) is 9.81. The normalized spacial score (nSPS) is 16.4. The fourth-order valence-corrected chi connectivity index (χ4v) is 2.82. The average Bonchev–Trinajstić information content (AvgIpc) is 3.21. The number of aliphatic imine (C=N–C) groups is 1. The van der Waals surface area contributed by atoms with E-state index in [-0.39, 0.29) is 36.0 Å². The predicted octanol–water partition coefficient (Wildman–Crippen LogP) is 2.31. The lowest BCUT2D eigenvalue weighted by Gasteiger charge is -2.12. The summed E-state index contributed by atoms with van der Waals surface area (Å²) in [5.41, 5.74) is 1.64. The van der Waals surface area contributed by atoms with Crippen LogP contribution in [-0.2, 0) is 16.0 Å². The van der Waals surface area contributed by atoms with Gasteiger partial charge in [-0.2, -0.15) is 0 Å². The molecule has 1 unspecified atom stereocenters. The number of guanidine groups is 1. The largest absolute Gasteiger partial charge is 0.380 e. The summed E-state index contributed by atoms with van der Waals surface area (Å²) in [5, 5.41) is 9.40. The highest BCUT2D eigenvalue weighted by Crippen LogP contribution is 2.11. The molecule has 1 aromatic rings. The molecule has 0 saturated carbocycles. The number of rotatable bonds is 10. The van der Waals surface area contributed by atoms with Crippen molar-refractivity contribution in [2.45, 2.75) is 39.3 Å². The van der Waals surface area contributed by atoms with Crippen LogP contribution in [0.4, 0.5) is 0 Å². The van der Waals surface area contributed by atoms with Crippen molar-refractivity contribution >= 4 is 35.8 Å². The third kappa shape index (κ3) is 9.20. The van der Waals surface area contributed by atoms with Gasteiger partial charge in [-0.25, -0.2) is 4.99 Å². The zero-order valence-electron chi connectivity index (χ0n) is 16.8. The van der Waals surface area contributed by atoms with E-state index < -0.39 is 0 Å². The SMILES string of the molecule is CCNC(=NCc1cccc(C(=O)NCC2CCCO2)c1)NCCOCC.I. The van der Waals surface area contributed by atoms with Crippen LogP contribution < -0.4 is 16.0 Å². The second kappa shape index (κ2) is 14.6. The highest BCUT2D eigenvalue weighted by molar-refractivity contribution is 14.0. The molecule has 158 valence electrons. The van der Waals surface area contributed by atoms with E-state index in [1.54, 1.807) is 0 Å². The molecular formula is C20H33IN4O3. The Morgan fingerprint density at radius 1 is 1.29 bits per heavy atom. The number of hydrogen-bond donors (Lipinski definition) is 3. The van der Waals surface area contributed by atoms with Crippen LogP contribution in [0.15, 0.2) is 29.3 Å². The van der Waals surface area contributed by atoms with E-state index in [1.165, 1.54) is 0 Å². The minimum atomic E-state index is -0.0712. The summed E-state index contributed by atoms with van der Waals surface area (Å²) >= 11 is 0. The highest BCUT2D eigenvalue weighted by Gasteiger charge is 2.16. The Kier molecular flexibility index (Phi) is 12.8. The molecule has 1 saturated heterocycles. The van der Waals surface area contributed by atoms with Gasteiger partial charge in [-0.15, -0.1) is 24.0 Å². The Balaban J connectivity index is 0.00000392. The summed E-state index contributed by atoms with van der Waals surface area (Å²) in [6.45, 7) is 8.69. The van der Waals surface area contributed by atoms with Gasteiger partial charge in [0, 0.05) is 38.4 Å². The number of amides is 1. The fourth-order valence-electron chi connectivity index (χ4n) is 2.82. The van der Waals surface area contributed by atoms with Crippen molar-refractivity contribution in [3.05, 3.63) is 35.4 Å².